The SMILES string of the molecule is CCc1nnc(CC(NC(=O)OCC2c3ccccc3-c3ccccc32)C(=O)O)s1. The van der Waals surface area contributed by atoms with E-state index >= 15 is 0 Å². The highest BCUT2D eigenvalue weighted by atomic mass is 32.1. The number of rotatable bonds is 7. The van der Waals surface area contributed by atoms with Crippen LogP contribution in [0, 0.1) is 0 Å². The second-order valence-corrected chi connectivity index (χ2v) is 8.15. The molecule has 0 fully saturated rings. The van der Waals surface area contributed by atoms with Gasteiger partial charge in [-0.05, 0) is 28.7 Å². The number of aliphatic carboxylic acids is 1. The van der Waals surface area contributed by atoms with Gasteiger partial charge in [0, 0.05) is 12.3 Å². The third-order valence-electron chi connectivity index (χ3n) is 5.12. The van der Waals surface area contributed by atoms with Crippen molar-refractivity contribution in [2.45, 2.75) is 31.7 Å². The maximum Gasteiger partial charge on any atom is 0.407 e. The Bertz CT molecular complexity index is 1040. The van der Waals surface area contributed by atoms with E-state index in [1.165, 1.54) is 11.3 Å². The van der Waals surface area contributed by atoms with E-state index < -0.39 is 18.1 Å². The van der Waals surface area contributed by atoms with Crippen LogP contribution in [0.1, 0.15) is 34.0 Å². The zero-order valence-corrected chi connectivity index (χ0v) is 17.2. The van der Waals surface area contributed by atoms with E-state index in [9.17, 15) is 14.7 Å². The molecule has 4 rings (SSSR count). The van der Waals surface area contributed by atoms with Crippen LogP contribution < -0.4 is 5.32 Å². The van der Waals surface area contributed by atoms with Gasteiger partial charge in [-0.3, -0.25) is 0 Å². The number of benzene rings is 2. The molecule has 0 bridgehead atoms. The summed E-state index contributed by atoms with van der Waals surface area (Å²) in [5, 5.41) is 21.3. The van der Waals surface area contributed by atoms with E-state index in [0.29, 0.717) is 5.01 Å². The first-order chi connectivity index (χ1) is 14.6. The fourth-order valence-corrected chi connectivity index (χ4v) is 4.50. The molecule has 0 radical (unpaired) electrons. The van der Waals surface area contributed by atoms with Gasteiger partial charge in [-0.2, -0.15) is 0 Å². The Hall–Kier alpha value is -3.26. The molecule has 1 aliphatic rings. The molecule has 1 aliphatic carbocycles. The van der Waals surface area contributed by atoms with Crippen LogP contribution in [0.5, 0.6) is 0 Å². The van der Waals surface area contributed by atoms with Crippen molar-refractivity contribution < 1.29 is 19.4 Å². The van der Waals surface area contributed by atoms with Crippen LogP contribution in [0.3, 0.4) is 0 Å². The Kier molecular flexibility index (Phi) is 5.76. The van der Waals surface area contributed by atoms with E-state index in [0.717, 1.165) is 33.7 Å². The summed E-state index contributed by atoms with van der Waals surface area (Å²) in [4.78, 5) is 24.0. The quantitative estimate of drug-likeness (QED) is 0.602. The first-order valence-corrected chi connectivity index (χ1v) is 10.5. The standard InChI is InChI=1S/C22H21N3O4S/c1-2-19-24-25-20(30-19)11-18(21(26)27)23-22(28)29-12-17-15-9-5-3-7-13(15)14-8-4-6-10-16(14)17/h3-10,17-18H,2,11-12H2,1H3,(H,23,28)(H,26,27). The second kappa shape index (κ2) is 8.62. The van der Waals surface area contributed by atoms with Gasteiger partial charge in [-0.1, -0.05) is 55.5 Å². The molecule has 0 spiro atoms. The number of fused-ring (bicyclic) bond motifs is 3. The van der Waals surface area contributed by atoms with Gasteiger partial charge < -0.3 is 15.2 Å². The number of carboxylic acid groups (broad SMARTS) is 1. The summed E-state index contributed by atoms with van der Waals surface area (Å²) in [6, 6.07) is 14.9. The van der Waals surface area contributed by atoms with Crippen LogP contribution >= 0.6 is 11.3 Å². The minimum atomic E-state index is -1.14. The molecule has 30 heavy (non-hydrogen) atoms. The molecule has 8 heteroatoms. The Labute approximate surface area is 177 Å². The number of ether oxygens (including phenoxy) is 1. The third-order valence-corrected chi connectivity index (χ3v) is 6.21. The van der Waals surface area contributed by atoms with E-state index in [1.807, 2.05) is 43.3 Å². The Balaban J connectivity index is 1.42. The van der Waals surface area contributed by atoms with Gasteiger partial charge in [0.1, 0.15) is 22.7 Å². The van der Waals surface area contributed by atoms with E-state index in [-0.39, 0.29) is 18.9 Å². The molecule has 1 atom stereocenters. The highest BCUT2D eigenvalue weighted by Gasteiger charge is 2.30. The molecule has 1 unspecified atom stereocenters. The minimum Gasteiger partial charge on any atom is -0.480 e. The molecule has 7 nitrogen and oxygen atoms in total. The summed E-state index contributed by atoms with van der Waals surface area (Å²) < 4.78 is 5.44. The predicted molar refractivity (Wildman–Crippen MR) is 113 cm³/mol. The van der Waals surface area contributed by atoms with Crippen LogP contribution in [0.25, 0.3) is 11.1 Å². The van der Waals surface area contributed by atoms with Crippen LogP contribution in [0.4, 0.5) is 4.79 Å². The zero-order valence-electron chi connectivity index (χ0n) is 16.4. The predicted octanol–water partition coefficient (Wildman–Crippen LogP) is 3.63. The first kappa shape index (κ1) is 20.0. The minimum absolute atomic E-state index is 0.0667. The number of carbonyl (C=O) groups is 2. The molecule has 2 aromatic carbocycles. The Morgan fingerprint density at radius 2 is 1.67 bits per heavy atom. The van der Waals surface area contributed by atoms with E-state index in [4.69, 9.17) is 4.74 Å². The number of nitrogens with one attached hydrogen (secondary N) is 1. The summed E-state index contributed by atoms with van der Waals surface area (Å²) in [6.45, 7) is 2.08. The van der Waals surface area contributed by atoms with Crippen molar-refractivity contribution in [3.8, 4) is 11.1 Å². The molecule has 2 N–H and O–H groups in total. The lowest BCUT2D eigenvalue weighted by molar-refractivity contribution is -0.139. The fraction of sp³-hybridized carbons (Fsp3) is 0.273. The van der Waals surface area contributed by atoms with Gasteiger partial charge in [-0.25, -0.2) is 9.59 Å². The lowest BCUT2D eigenvalue weighted by Gasteiger charge is -2.17. The number of nitrogens with zero attached hydrogens (tertiary/aromatic N) is 2. The van der Waals surface area contributed by atoms with E-state index in [2.05, 4.69) is 27.6 Å². The lowest BCUT2D eigenvalue weighted by atomic mass is 9.98. The molecule has 0 saturated heterocycles. The largest absolute Gasteiger partial charge is 0.480 e. The smallest absolute Gasteiger partial charge is 0.407 e. The van der Waals surface area contributed by atoms with Crippen molar-refractivity contribution in [1.29, 1.82) is 0 Å². The van der Waals surface area contributed by atoms with Crippen LogP contribution in [0.2, 0.25) is 0 Å². The van der Waals surface area contributed by atoms with Gasteiger partial charge in [0.2, 0.25) is 0 Å². The Morgan fingerprint density at radius 3 is 2.23 bits per heavy atom. The molecule has 1 aromatic heterocycles. The summed E-state index contributed by atoms with van der Waals surface area (Å²) in [6.07, 6.45) is 0.0383. The number of aryl methyl sites for hydroxylation is 1. The van der Waals surface area contributed by atoms with Gasteiger partial charge in [0.15, 0.2) is 0 Å². The highest BCUT2D eigenvalue weighted by molar-refractivity contribution is 7.11. The second-order valence-electron chi connectivity index (χ2n) is 7.01. The molecule has 0 aliphatic heterocycles. The normalized spacial score (nSPS) is 13.4. The number of aromatic nitrogens is 2. The molecule has 1 heterocycles. The number of amides is 1. The summed E-state index contributed by atoms with van der Waals surface area (Å²) in [7, 11) is 0. The van der Waals surface area contributed by atoms with Gasteiger partial charge >= 0.3 is 12.1 Å². The average molecular weight is 423 g/mol. The van der Waals surface area contributed by atoms with Crippen molar-refractivity contribution in [3.05, 3.63) is 69.7 Å². The maximum atomic E-state index is 12.4. The third kappa shape index (κ3) is 4.04. The Morgan fingerprint density at radius 1 is 1.07 bits per heavy atom. The lowest BCUT2D eigenvalue weighted by Crippen LogP contribution is -2.42. The molecule has 1 amide bonds. The number of hydrogen-bond donors (Lipinski definition) is 2. The number of alkyl carbamates (subject to hydrolysis) is 1. The van der Waals surface area contributed by atoms with Gasteiger partial charge in [-0.15, -0.1) is 21.5 Å². The van der Waals surface area contributed by atoms with Crippen LogP contribution in [-0.2, 0) is 22.4 Å². The van der Waals surface area contributed by atoms with Crippen molar-refractivity contribution in [3.63, 3.8) is 0 Å². The van der Waals surface area contributed by atoms with Crippen LogP contribution in [-0.4, -0.2) is 40.0 Å². The number of carbonyl (C=O) groups excluding carboxylic acids is 1. The van der Waals surface area contributed by atoms with Gasteiger partial charge in [0.05, 0.1) is 0 Å². The molecular formula is C22H21N3O4S. The molecule has 154 valence electrons. The number of hydrogen-bond acceptors (Lipinski definition) is 6. The van der Waals surface area contributed by atoms with Crippen molar-refractivity contribution in [1.82, 2.24) is 15.5 Å². The van der Waals surface area contributed by atoms with Crippen LogP contribution in [0.15, 0.2) is 48.5 Å². The van der Waals surface area contributed by atoms with Crippen molar-refractivity contribution >= 4 is 23.4 Å². The maximum absolute atomic E-state index is 12.4. The summed E-state index contributed by atoms with van der Waals surface area (Å²) in [5.74, 6) is -1.22. The highest BCUT2D eigenvalue weighted by Crippen LogP contribution is 2.44. The fourth-order valence-electron chi connectivity index (χ4n) is 3.67. The zero-order chi connectivity index (χ0) is 21.1. The van der Waals surface area contributed by atoms with Crippen molar-refractivity contribution in [2.24, 2.45) is 0 Å². The van der Waals surface area contributed by atoms with E-state index in [1.54, 1.807) is 0 Å². The van der Waals surface area contributed by atoms with Crippen molar-refractivity contribution in [2.75, 3.05) is 6.61 Å². The molecule has 0 saturated carbocycles. The first-order valence-electron chi connectivity index (χ1n) is 9.72. The summed E-state index contributed by atoms with van der Waals surface area (Å²) >= 11 is 1.35. The van der Waals surface area contributed by atoms with Gasteiger partial charge in [0.25, 0.3) is 0 Å². The summed E-state index contributed by atoms with van der Waals surface area (Å²) in [5.41, 5.74) is 4.46. The molecular weight excluding hydrogens is 402 g/mol. The number of carboxylic acids is 1. The topological polar surface area (TPSA) is 101 Å². The monoisotopic (exact) mass is 423 g/mol. The molecule has 3 aromatic rings. The average Bonchev–Trinajstić information content (AvgIpc) is 3.34.